The van der Waals surface area contributed by atoms with Crippen molar-refractivity contribution in [2.45, 2.75) is 44.8 Å². The average molecular weight is 339 g/mol. The smallest absolute Gasteiger partial charge is 0.240 e. The molecule has 0 unspecified atom stereocenters. The van der Waals surface area contributed by atoms with Crippen molar-refractivity contribution in [3.63, 3.8) is 0 Å². The molecule has 0 radical (unpaired) electrons. The van der Waals surface area contributed by atoms with Crippen LogP contribution in [0.2, 0.25) is 0 Å². The Bertz CT molecular complexity index is 721. The van der Waals surface area contributed by atoms with Crippen molar-refractivity contribution in [3.05, 3.63) is 48.0 Å². The first-order valence-electron chi connectivity index (χ1n) is 9.20. The van der Waals surface area contributed by atoms with Gasteiger partial charge in [-0.15, -0.1) is 10.2 Å². The van der Waals surface area contributed by atoms with Gasteiger partial charge in [0.25, 0.3) is 0 Å². The Labute approximate surface area is 148 Å². The fourth-order valence-electron chi connectivity index (χ4n) is 4.15. The van der Waals surface area contributed by atoms with Gasteiger partial charge in [-0.2, -0.15) is 0 Å². The number of carbonyl (C=O) groups excluding carboxylic acids is 1. The van der Waals surface area contributed by atoms with Crippen molar-refractivity contribution in [1.29, 1.82) is 0 Å². The molecular formula is C19H25N5O. The van der Waals surface area contributed by atoms with Gasteiger partial charge in [0.05, 0.1) is 6.04 Å². The van der Waals surface area contributed by atoms with E-state index in [-0.39, 0.29) is 6.04 Å². The molecule has 1 atom stereocenters. The van der Waals surface area contributed by atoms with Crippen molar-refractivity contribution in [2.75, 3.05) is 19.6 Å². The number of benzene rings is 1. The van der Waals surface area contributed by atoms with Gasteiger partial charge >= 0.3 is 0 Å². The van der Waals surface area contributed by atoms with E-state index in [0.29, 0.717) is 11.9 Å². The fraction of sp³-hybridized carbons (Fsp3) is 0.526. The molecule has 1 amide bonds. The quantitative estimate of drug-likeness (QED) is 0.857. The summed E-state index contributed by atoms with van der Waals surface area (Å²) in [6.45, 7) is 5.56. The van der Waals surface area contributed by atoms with Gasteiger partial charge in [0.1, 0.15) is 12.7 Å². The van der Waals surface area contributed by atoms with Crippen LogP contribution < -0.4 is 0 Å². The number of amides is 1. The van der Waals surface area contributed by atoms with Gasteiger partial charge in [-0.1, -0.05) is 31.2 Å². The minimum Gasteiger partial charge on any atom is -0.341 e. The summed E-state index contributed by atoms with van der Waals surface area (Å²) in [5, 5.41) is 7.79. The molecule has 2 aromatic rings. The standard InChI is InChI=1S/C19H25N5O/c1-2-22-12-16-6-4-3-5-15(16)11-18(22)19(25)23-9-7-17(8-10-23)24-13-20-21-14-24/h3-6,13-14,17-18H,2,7-12H2,1H3/t18-/m1/s1. The Morgan fingerprint density at radius 1 is 1.12 bits per heavy atom. The molecule has 0 bridgehead atoms. The molecule has 1 saturated heterocycles. The average Bonchev–Trinajstić information content (AvgIpc) is 3.21. The van der Waals surface area contributed by atoms with Crippen LogP contribution in [-0.4, -0.2) is 56.1 Å². The minimum atomic E-state index is -0.0219. The number of carbonyl (C=O) groups is 1. The summed E-state index contributed by atoms with van der Waals surface area (Å²) >= 11 is 0. The number of likely N-dealkylation sites (N-methyl/N-ethyl adjacent to an activating group) is 1. The van der Waals surface area contributed by atoms with Crippen LogP contribution in [0.4, 0.5) is 0 Å². The van der Waals surface area contributed by atoms with Crippen LogP contribution in [0.1, 0.15) is 36.9 Å². The number of hydrogen-bond acceptors (Lipinski definition) is 4. The van der Waals surface area contributed by atoms with Gasteiger partial charge in [0, 0.05) is 25.7 Å². The summed E-state index contributed by atoms with van der Waals surface area (Å²) in [6, 6.07) is 8.90. The fourth-order valence-corrected chi connectivity index (χ4v) is 4.15. The van der Waals surface area contributed by atoms with E-state index in [2.05, 4.69) is 55.8 Å². The van der Waals surface area contributed by atoms with Gasteiger partial charge in [-0.25, -0.2) is 0 Å². The summed E-state index contributed by atoms with van der Waals surface area (Å²) in [6.07, 6.45) is 6.32. The molecular weight excluding hydrogens is 314 g/mol. The molecule has 4 rings (SSSR count). The third-order valence-corrected chi connectivity index (χ3v) is 5.67. The van der Waals surface area contributed by atoms with E-state index in [1.54, 1.807) is 12.7 Å². The molecule has 0 N–H and O–H groups in total. The Morgan fingerprint density at radius 2 is 1.80 bits per heavy atom. The Kier molecular flexibility index (Phi) is 4.53. The lowest BCUT2D eigenvalue weighted by Gasteiger charge is -2.40. The topological polar surface area (TPSA) is 54.3 Å². The van der Waals surface area contributed by atoms with Crippen molar-refractivity contribution in [3.8, 4) is 0 Å². The molecule has 25 heavy (non-hydrogen) atoms. The van der Waals surface area contributed by atoms with Gasteiger partial charge < -0.3 is 9.47 Å². The molecule has 0 aliphatic carbocycles. The van der Waals surface area contributed by atoms with E-state index in [0.717, 1.165) is 45.4 Å². The largest absolute Gasteiger partial charge is 0.341 e. The first-order valence-corrected chi connectivity index (χ1v) is 9.20. The second-order valence-electron chi connectivity index (χ2n) is 7.02. The van der Waals surface area contributed by atoms with Crippen molar-refractivity contribution >= 4 is 5.91 Å². The zero-order valence-electron chi connectivity index (χ0n) is 14.7. The number of hydrogen-bond donors (Lipinski definition) is 0. The van der Waals surface area contributed by atoms with Crippen LogP contribution in [0.15, 0.2) is 36.9 Å². The van der Waals surface area contributed by atoms with Gasteiger partial charge in [0.15, 0.2) is 0 Å². The maximum Gasteiger partial charge on any atom is 0.240 e. The molecule has 2 aliphatic heterocycles. The first kappa shape index (κ1) is 16.3. The number of rotatable bonds is 3. The maximum absolute atomic E-state index is 13.2. The Balaban J connectivity index is 1.44. The lowest BCUT2D eigenvalue weighted by atomic mass is 9.92. The lowest BCUT2D eigenvalue weighted by Crippen LogP contribution is -2.53. The number of aromatic nitrogens is 3. The van der Waals surface area contributed by atoms with Gasteiger partial charge in [-0.3, -0.25) is 9.69 Å². The molecule has 132 valence electrons. The summed E-state index contributed by atoms with van der Waals surface area (Å²) in [4.78, 5) is 17.6. The highest BCUT2D eigenvalue weighted by Gasteiger charge is 2.34. The van der Waals surface area contributed by atoms with Crippen molar-refractivity contribution in [2.24, 2.45) is 0 Å². The van der Waals surface area contributed by atoms with E-state index >= 15 is 0 Å². The Morgan fingerprint density at radius 3 is 2.48 bits per heavy atom. The van der Waals surface area contributed by atoms with Crippen LogP contribution in [-0.2, 0) is 17.8 Å². The number of piperidine rings is 1. The molecule has 1 aromatic heterocycles. The molecule has 1 aromatic carbocycles. The number of likely N-dealkylation sites (tertiary alicyclic amines) is 1. The predicted molar refractivity (Wildman–Crippen MR) is 94.9 cm³/mol. The van der Waals surface area contributed by atoms with E-state index < -0.39 is 0 Å². The van der Waals surface area contributed by atoms with Gasteiger partial charge in [0.2, 0.25) is 5.91 Å². The highest BCUT2D eigenvalue weighted by atomic mass is 16.2. The first-order chi connectivity index (χ1) is 12.3. The van der Waals surface area contributed by atoms with Crippen molar-refractivity contribution in [1.82, 2.24) is 24.6 Å². The second kappa shape index (κ2) is 6.96. The van der Waals surface area contributed by atoms with E-state index in [1.807, 2.05) is 0 Å². The molecule has 3 heterocycles. The highest BCUT2D eigenvalue weighted by Crippen LogP contribution is 2.27. The van der Waals surface area contributed by atoms with Crippen LogP contribution in [0.5, 0.6) is 0 Å². The molecule has 6 nitrogen and oxygen atoms in total. The molecule has 0 spiro atoms. The van der Waals surface area contributed by atoms with Crippen LogP contribution in [0.25, 0.3) is 0 Å². The Hall–Kier alpha value is -2.21. The van der Waals surface area contributed by atoms with E-state index in [4.69, 9.17) is 0 Å². The molecule has 6 heteroatoms. The molecule has 1 fully saturated rings. The summed E-state index contributed by atoms with van der Waals surface area (Å²) in [5.41, 5.74) is 2.68. The summed E-state index contributed by atoms with van der Waals surface area (Å²) in [7, 11) is 0. The van der Waals surface area contributed by atoms with Crippen LogP contribution in [0.3, 0.4) is 0 Å². The highest BCUT2D eigenvalue weighted by molar-refractivity contribution is 5.82. The minimum absolute atomic E-state index is 0.0219. The lowest BCUT2D eigenvalue weighted by molar-refractivity contribution is -0.139. The third-order valence-electron chi connectivity index (χ3n) is 5.67. The SMILES string of the molecule is CCN1Cc2ccccc2C[C@@H]1C(=O)N1CCC(n2cnnc2)CC1. The molecule has 2 aliphatic rings. The second-order valence-corrected chi connectivity index (χ2v) is 7.02. The summed E-state index contributed by atoms with van der Waals surface area (Å²) in [5.74, 6) is 0.290. The zero-order valence-corrected chi connectivity index (χ0v) is 14.7. The van der Waals surface area contributed by atoms with Gasteiger partial charge in [-0.05, 0) is 36.9 Å². The maximum atomic E-state index is 13.2. The summed E-state index contributed by atoms with van der Waals surface area (Å²) < 4.78 is 2.07. The third kappa shape index (κ3) is 3.18. The monoisotopic (exact) mass is 339 g/mol. The van der Waals surface area contributed by atoms with Crippen LogP contribution >= 0.6 is 0 Å². The zero-order chi connectivity index (χ0) is 17.2. The van der Waals surface area contributed by atoms with E-state index in [9.17, 15) is 4.79 Å². The number of fused-ring (bicyclic) bond motifs is 1. The van der Waals surface area contributed by atoms with Crippen molar-refractivity contribution < 1.29 is 4.79 Å². The normalized spacial score (nSPS) is 22.0. The van der Waals surface area contributed by atoms with Crippen LogP contribution in [0, 0.1) is 0 Å². The van der Waals surface area contributed by atoms with E-state index in [1.165, 1.54) is 11.1 Å². The molecule has 0 saturated carbocycles. The predicted octanol–water partition coefficient (Wildman–Crippen LogP) is 1.89. The number of nitrogens with zero attached hydrogens (tertiary/aromatic N) is 5.